The molecule has 0 spiro atoms. The highest BCUT2D eigenvalue weighted by atomic mass is 16.3. The zero-order chi connectivity index (χ0) is 23.7. The van der Waals surface area contributed by atoms with Crippen LogP contribution in [0.1, 0.15) is 155 Å². The molecule has 0 radical (unpaired) electrons. The average Bonchev–Trinajstić information content (AvgIpc) is 2.79. The van der Waals surface area contributed by atoms with E-state index < -0.39 is 12.1 Å². The van der Waals surface area contributed by atoms with Crippen molar-refractivity contribution in [3.8, 4) is 0 Å². The first-order chi connectivity index (χ1) is 15.7. The molecule has 0 heterocycles. The van der Waals surface area contributed by atoms with Crippen LogP contribution in [-0.2, 0) is 4.79 Å². The van der Waals surface area contributed by atoms with Gasteiger partial charge in [0, 0.05) is 6.42 Å². The van der Waals surface area contributed by atoms with Crippen LogP contribution < -0.4 is 5.32 Å². The van der Waals surface area contributed by atoms with E-state index in [0.29, 0.717) is 12.8 Å². The van der Waals surface area contributed by atoms with Crippen LogP contribution >= 0.6 is 0 Å². The Kier molecular flexibility index (Phi) is 24.5. The number of nitrogens with one attached hydrogen (secondary N) is 1. The third-order valence-corrected chi connectivity index (χ3v) is 6.62. The lowest BCUT2D eigenvalue weighted by molar-refractivity contribution is -0.123. The van der Waals surface area contributed by atoms with E-state index in [2.05, 4.69) is 19.2 Å². The summed E-state index contributed by atoms with van der Waals surface area (Å²) < 4.78 is 0. The summed E-state index contributed by atoms with van der Waals surface area (Å²) in [6.07, 6.45) is 25.7. The van der Waals surface area contributed by atoms with Crippen LogP contribution in [0.25, 0.3) is 0 Å². The first kappa shape index (κ1) is 31.4. The molecule has 0 rings (SSSR count). The summed E-state index contributed by atoms with van der Waals surface area (Å²) in [6.45, 7) is 4.29. The largest absolute Gasteiger partial charge is 0.394 e. The predicted octanol–water partition coefficient (Wildman–Crippen LogP) is 7.45. The van der Waals surface area contributed by atoms with Crippen molar-refractivity contribution in [3.63, 3.8) is 0 Å². The first-order valence-corrected chi connectivity index (χ1v) is 14.2. The van der Waals surface area contributed by atoms with Gasteiger partial charge in [-0.15, -0.1) is 0 Å². The Morgan fingerprint density at radius 3 is 1.41 bits per heavy atom. The van der Waals surface area contributed by atoms with Crippen molar-refractivity contribution >= 4 is 5.91 Å². The molecule has 0 aromatic rings. The highest BCUT2D eigenvalue weighted by Crippen LogP contribution is 2.14. The minimum atomic E-state index is -0.647. The van der Waals surface area contributed by atoms with Gasteiger partial charge in [-0.3, -0.25) is 4.79 Å². The molecule has 192 valence electrons. The summed E-state index contributed by atoms with van der Waals surface area (Å²) in [4.78, 5) is 12.1. The second-order valence-electron chi connectivity index (χ2n) is 9.83. The molecule has 0 aliphatic carbocycles. The second-order valence-corrected chi connectivity index (χ2v) is 9.83. The summed E-state index contributed by atoms with van der Waals surface area (Å²) in [5.74, 6) is -0.0398. The molecule has 0 saturated heterocycles. The van der Waals surface area contributed by atoms with Crippen LogP contribution in [0.4, 0.5) is 0 Å². The van der Waals surface area contributed by atoms with Gasteiger partial charge in [0.2, 0.25) is 5.91 Å². The quantitative estimate of drug-likeness (QED) is 0.125. The Labute approximate surface area is 200 Å². The van der Waals surface area contributed by atoms with E-state index in [9.17, 15) is 15.0 Å². The molecule has 0 aromatic heterocycles. The van der Waals surface area contributed by atoms with Crippen molar-refractivity contribution < 1.29 is 15.0 Å². The molecule has 0 saturated carbocycles. The molecule has 0 bridgehead atoms. The highest BCUT2D eigenvalue weighted by Gasteiger charge is 2.19. The molecule has 2 unspecified atom stereocenters. The van der Waals surface area contributed by atoms with Crippen LogP contribution in [0.3, 0.4) is 0 Å². The van der Waals surface area contributed by atoms with E-state index in [1.54, 1.807) is 0 Å². The Balaban J connectivity index is 3.58. The standard InChI is InChI=1S/C28H57NO3/c1-3-5-7-9-11-12-13-14-15-16-18-19-21-23-27(31)26(25-30)29-28(32)24-22-20-17-10-8-6-4-2/h26-27,30-31H,3-25H2,1-2H3,(H,29,32). The van der Waals surface area contributed by atoms with Crippen molar-refractivity contribution in [2.24, 2.45) is 0 Å². The third kappa shape index (κ3) is 21.2. The van der Waals surface area contributed by atoms with Gasteiger partial charge in [0.15, 0.2) is 0 Å². The fourth-order valence-corrected chi connectivity index (χ4v) is 4.36. The van der Waals surface area contributed by atoms with Gasteiger partial charge in [0.05, 0.1) is 18.8 Å². The van der Waals surface area contributed by atoms with E-state index in [1.807, 2.05) is 0 Å². The minimum absolute atomic E-state index is 0.0398. The molecule has 4 nitrogen and oxygen atoms in total. The number of carbonyl (C=O) groups is 1. The maximum atomic E-state index is 12.1. The van der Waals surface area contributed by atoms with Crippen molar-refractivity contribution in [1.82, 2.24) is 5.32 Å². The van der Waals surface area contributed by atoms with Crippen molar-refractivity contribution in [2.75, 3.05) is 6.61 Å². The van der Waals surface area contributed by atoms with Crippen LogP contribution in [0.15, 0.2) is 0 Å². The summed E-state index contributed by atoms with van der Waals surface area (Å²) in [6, 6.07) is -0.524. The highest BCUT2D eigenvalue weighted by molar-refractivity contribution is 5.76. The van der Waals surface area contributed by atoms with E-state index in [-0.39, 0.29) is 12.5 Å². The number of aliphatic hydroxyl groups excluding tert-OH is 2. The van der Waals surface area contributed by atoms with Crippen molar-refractivity contribution in [1.29, 1.82) is 0 Å². The molecular weight excluding hydrogens is 398 g/mol. The van der Waals surface area contributed by atoms with Crippen LogP contribution in [0.5, 0.6) is 0 Å². The van der Waals surface area contributed by atoms with Crippen LogP contribution in [-0.4, -0.2) is 34.9 Å². The van der Waals surface area contributed by atoms with E-state index in [1.165, 1.54) is 103 Å². The normalized spacial score (nSPS) is 13.2. The van der Waals surface area contributed by atoms with Gasteiger partial charge >= 0.3 is 0 Å². The zero-order valence-electron chi connectivity index (χ0n) is 21.7. The Morgan fingerprint density at radius 2 is 1.00 bits per heavy atom. The van der Waals surface area contributed by atoms with Gasteiger partial charge in [-0.1, -0.05) is 136 Å². The van der Waals surface area contributed by atoms with Gasteiger partial charge < -0.3 is 15.5 Å². The average molecular weight is 456 g/mol. The zero-order valence-corrected chi connectivity index (χ0v) is 21.7. The molecule has 4 heteroatoms. The number of rotatable bonds is 25. The molecule has 0 fully saturated rings. The summed E-state index contributed by atoms with van der Waals surface area (Å²) in [7, 11) is 0. The lowest BCUT2D eigenvalue weighted by atomic mass is 10.0. The SMILES string of the molecule is CCCCCCCCCCCCCCCC(O)C(CO)NC(=O)CCCCCCCCC. The lowest BCUT2D eigenvalue weighted by Crippen LogP contribution is -2.45. The molecule has 2 atom stereocenters. The smallest absolute Gasteiger partial charge is 0.220 e. The summed E-state index contributed by atoms with van der Waals surface area (Å²) in [5, 5.41) is 22.8. The Morgan fingerprint density at radius 1 is 0.625 bits per heavy atom. The van der Waals surface area contributed by atoms with Crippen molar-refractivity contribution in [2.45, 2.75) is 167 Å². The fourth-order valence-electron chi connectivity index (χ4n) is 4.36. The first-order valence-electron chi connectivity index (χ1n) is 14.2. The molecule has 1 amide bonds. The topological polar surface area (TPSA) is 69.6 Å². The second kappa shape index (κ2) is 25.0. The summed E-state index contributed by atoms with van der Waals surface area (Å²) >= 11 is 0. The van der Waals surface area contributed by atoms with Gasteiger partial charge in [0.25, 0.3) is 0 Å². The van der Waals surface area contributed by atoms with Gasteiger partial charge in [-0.25, -0.2) is 0 Å². The maximum Gasteiger partial charge on any atom is 0.220 e. The number of aliphatic hydroxyl groups is 2. The molecule has 0 aromatic carbocycles. The molecular formula is C28H57NO3. The van der Waals surface area contributed by atoms with E-state index >= 15 is 0 Å². The Hall–Kier alpha value is -0.610. The predicted molar refractivity (Wildman–Crippen MR) is 138 cm³/mol. The summed E-state index contributed by atoms with van der Waals surface area (Å²) in [5.41, 5.74) is 0. The number of carbonyl (C=O) groups excluding carboxylic acids is 1. The lowest BCUT2D eigenvalue weighted by Gasteiger charge is -2.22. The van der Waals surface area contributed by atoms with Crippen LogP contribution in [0.2, 0.25) is 0 Å². The molecule has 0 aliphatic rings. The Bertz CT molecular complexity index is 389. The number of hydrogen-bond donors (Lipinski definition) is 3. The third-order valence-electron chi connectivity index (χ3n) is 6.62. The number of amides is 1. The van der Waals surface area contributed by atoms with Crippen LogP contribution in [0, 0.1) is 0 Å². The number of unbranched alkanes of at least 4 members (excludes halogenated alkanes) is 18. The van der Waals surface area contributed by atoms with E-state index in [0.717, 1.165) is 25.7 Å². The minimum Gasteiger partial charge on any atom is -0.394 e. The van der Waals surface area contributed by atoms with Gasteiger partial charge in [0.1, 0.15) is 0 Å². The maximum absolute atomic E-state index is 12.1. The van der Waals surface area contributed by atoms with Crippen molar-refractivity contribution in [3.05, 3.63) is 0 Å². The van der Waals surface area contributed by atoms with Gasteiger partial charge in [-0.05, 0) is 12.8 Å². The monoisotopic (exact) mass is 455 g/mol. The van der Waals surface area contributed by atoms with Gasteiger partial charge in [-0.2, -0.15) is 0 Å². The van der Waals surface area contributed by atoms with E-state index in [4.69, 9.17) is 0 Å². The molecule has 3 N–H and O–H groups in total. The molecule has 32 heavy (non-hydrogen) atoms. The molecule has 0 aliphatic heterocycles. The fraction of sp³-hybridized carbons (Fsp3) is 0.964. The number of hydrogen-bond acceptors (Lipinski definition) is 3.